The van der Waals surface area contributed by atoms with Gasteiger partial charge in [0.25, 0.3) is 0 Å². The van der Waals surface area contributed by atoms with Crippen LogP contribution in [0, 0.1) is 45.8 Å². The monoisotopic (exact) mass is 426 g/mol. The molecule has 7 rings (SSSR count). The van der Waals surface area contributed by atoms with Gasteiger partial charge in [0.05, 0.1) is 24.7 Å². The van der Waals surface area contributed by atoms with Crippen molar-refractivity contribution in [3.8, 4) is 0 Å². The fourth-order valence-electron chi connectivity index (χ4n) is 10.6. The second kappa shape index (κ2) is 6.24. The summed E-state index contributed by atoms with van der Waals surface area (Å²) < 4.78 is 12.3. The number of ketones is 1. The smallest absolute Gasteiger partial charge is 0.311 e. The van der Waals surface area contributed by atoms with Gasteiger partial charge >= 0.3 is 5.97 Å². The second-order valence-corrected chi connectivity index (χ2v) is 12.4. The average molecular weight is 427 g/mol. The SMILES string of the molecule is COC(=O)[C@]1(C)CCC[C@]2(C)[C@H]3C[C@H]4C(=C(C)C)[C@@H]5OC6CCC(=O)[C@H]4[C@@H]6[C@]35CC[C@H]21. The molecule has 6 saturated carbocycles. The van der Waals surface area contributed by atoms with Crippen LogP contribution in [0.25, 0.3) is 0 Å². The van der Waals surface area contributed by atoms with Crippen molar-refractivity contribution in [2.24, 2.45) is 45.8 Å². The molecular formula is C27H38O4. The Morgan fingerprint density at radius 1 is 1.10 bits per heavy atom. The van der Waals surface area contributed by atoms with E-state index in [1.54, 1.807) is 7.11 Å². The highest BCUT2D eigenvalue weighted by Gasteiger charge is 2.78. The number of carbonyl (C=O) groups excluding carboxylic acids is 2. The van der Waals surface area contributed by atoms with Crippen molar-refractivity contribution < 1.29 is 19.1 Å². The first-order valence-corrected chi connectivity index (χ1v) is 12.6. The van der Waals surface area contributed by atoms with E-state index in [0.29, 0.717) is 35.9 Å². The molecule has 0 N–H and O–H groups in total. The van der Waals surface area contributed by atoms with E-state index in [1.807, 2.05) is 0 Å². The third-order valence-corrected chi connectivity index (χ3v) is 11.4. The molecule has 170 valence electrons. The molecule has 0 aromatic heterocycles. The molecule has 1 aliphatic heterocycles. The Morgan fingerprint density at radius 2 is 1.87 bits per heavy atom. The molecule has 0 amide bonds. The quantitative estimate of drug-likeness (QED) is 0.432. The summed E-state index contributed by atoms with van der Waals surface area (Å²) in [6.07, 6.45) is 8.56. The molecule has 31 heavy (non-hydrogen) atoms. The van der Waals surface area contributed by atoms with E-state index in [1.165, 1.54) is 17.6 Å². The van der Waals surface area contributed by atoms with Gasteiger partial charge in [-0.2, -0.15) is 0 Å². The highest BCUT2D eigenvalue weighted by Crippen LogP contribution is 2.78. The molecular weight excluding hydrogens is 388 g/mol. The molecule has 0 radical (unpaired) electrons. The van der Waals surface area contributed by atoms with Crippen molar-refractivity contribution >= 4 is 11.8 Å². The van der Waals surface area contributed by atoms with E-state index in [0.717, 1.165) is 38.5 Å². The van der Waals surface area contributed by atoms with Crippen molar-refractivity contribution in [3.63, 3.8) is 0 Å². The molecule has 4 bridgehead atoms. The van der Waals surface area contributed by atoms with Gasteiger partial charge in [0.2, 0.25) is 0 Å². The summed E-state index contributed by atoms with van der Waals surface area (Å²) in [4.78, 5) is 26.3. The van der Waals surface area contributed by atoms with Crippen molar-refractivity contribution in [2.75, 3.05) is 7.11 Å². The van der Waals surface area contributed by atoms with Crippen molar-refractivity contribution in [2.45, 2.75) is 91.3 Å². The van der Waals surface area contributed by atoms with Gasteiger partial charge in [-0.1, -0.05) is 18.9 Å². The maximum Gasteiger partial charge on any atom is 0.311 e. The molecule has 7 fully saturated rings. The molecule has 0 aromatic carbocycles. The number of carbonyl (C=O) groups is 2. The third-order valence-electron chi connectivity index (χ3n) is 11.4. The number of Topliss-reactive ketones (excluding diaryl/α,β-unsaturated/α-hetero) is 1. The summed E-state index contributed by atoms with van der Waals surface area (Å²) >= 11 is 0. The van der Waals surface area contributed by atoms with E-state index >= 15 is 0 Å². The first kappa shape index (κ1) is 20.4. The minimum atomic E-state index is -0.384. The largest absolute Gasteiger partial charge is 0.469 e. The minimum Gasteiger partial charge on any atom is -0.469 e. The lowest BCUT2D eigenvalue weighted by Crippen LogP contribution is -2.69. The summed E-state index contributed by atoms with van der Waals surface area (Å²) in [5.41, 5.74) is 2.68. The van der Waals surface area contributed by atoms with Crippen LogP contribution in [0.4, 0.5) is 0 Å². The second-order valence-electron chi connectivity index (χ2n) is 12.4. The fraction of sp³-hybridized carbons (Fsp3) is 0.852. The van der Waals surface area contributed by atoms with Crippen LogP contribution in [-0.4, -0.2) is 31.1 Å². The van der Waals surface area contributed by atoms with Gasteiger partial charge < -0.3 is 9.47 Å². The zero-order valence-corrected chi connectivity index (χ0v) is 19.8. The van der Waals surface area contributed by atoms with Gasteiger partial charge in [0.1, 0.15) is 5.78 Å². The average Bonchev–Trinajstić information content (AvgIpc) is 3.01. The topological polar surface area (TPSA) is 52.6 Å². The first-order chi connectivity index (χ1) is 14.7. The maximum absolute atomic E-state index is 13.3. The fourth-order valence-corrected chi connectivity index (χ4v) is 10.6. The third kappa shape index (κ3) is 2.17. The first-order valence-electron chi connectivity index (χ1n) is 12.6. The number of methoxy groups -OCH3 is 1. The van der Waals surface area contributed by atoms with Crippen LogP contribution < -0.4 is 0 Å². The molecule has 1 spiro atoms. The van der Waals surface area contributed by atoms with Crippen LogP contribution in [0.1, 0.15) is 79.1 Å². The Bertz CT molecular complexity index is 886. The number of rotatable bonds is 1. The molecule has 4 heteroatoms. The number of fused-ring (bicyclic) bond motifs is 1. The molecule has 1 saturated heterocycles. The summed E-state index contributed by atoms with van der Waals surface area (Å²) in [5.74, 6) is 2.31. The zero-order valence-electron chi connectivity index (χ0n) is 19.8. The summed E-state index contributed by atoms with van der Waals surface area (Å²) in [5, 5.41) is 0. The lowest BCUT2D eigenvalue weighted by molar-refractivity contribution is -0.216. The maximum atomic E-state index is 13.3. The van der Waals surface area contributed by atoms with Crippen LogP contribution in [0.2, 0.25) is 0 Å². The number of allylic oxidation sites excluding steroid dienone is 1. The Kier molecular flexibility index (Phi) is 4.12. The van der Waals surface area contributed by atoms with Gasteiger partial charge in [-0.15, -0.1) is 0 Å². The van der Waals surface area contributed by atoms with Crippen LogP contribution in [0.5, 0.6) is 0 Å². The number of hydrogen-bond acceptors (Lipinski definition) is 4. The number of esters is 1. The molecule has 10 atom stereocenters. The molecule has 1 heterocycles. The molecule has 6 aliphatic carbocycles. The van der Waals surface area contributed by atoms with Gasteiger partial charge in [0, 0.05) is 23.7 Å². The molecule has 7 aliphatic rings. The lowest BCUT2D eigenvalue weighted by atomic mass is 9.32. The lowest BCUT2D eigenvalue weighted by Gasteiger charge is -2.71. The van der Waals surface area contributed by atoms with Crippen LogP contribution in [0.3, 0.4) is 0 Å². The Hall–Kier alpha value is -1.16. The summed E-state index contributed by atoms with van der Waals surface area (Å²) in [6.45, 7) is 9.12. The molecule has 0 aromatic rings. The van der Waals surface area contributed by atoms with Crippen LogP contribution in [-0.2, 0) is 19.1 Å². The van der Waals surface area contributed by atoms with Gasteiger partial charge in [-0.3, -0.25) is 9.59 Å². The zero-order chi connectivity index (χ0) is 21.9. The Balaban J connectivity index is 1.51. The van der Waals surface area contributed by atoms with Crippen molar-refractivity contribution in [1.29, 1.82) is 0 Å². The Morgan fingerprint density at radius 3 is 2.58 bits per heavy atom. The molecule has 4 nitrogen and oxygen atoms in total. The van der Waals surface area contributed by atoms with Gasteiger partial charge in [-0.05, 0) is 88.0 Å². The molecule has 1 unspecified atom stereocenters. The van der Waals surface area contributed by atoms with E-state index in [4.69, 9.17) is 9.47 Å². The van der Waals surface area contributed by atoms with E-state index in [9.17, 15) is 9.59 Å². The van der Waals surface area contributed by atoms with Crippen LogP contribution in [0.15, 0.2) is 11.1 Å². The number of ether oxygens (including phenoxy) is 2. The standard InChI is InChI=1S/C27H38O4/c1-14(2)20-15-13-19-25(3)10-6-11-26(4,24(29)30-5)18(25)9-12-27(19)22-17(31-23(20)27)8-7-16(28)21(15)22/h15,17-19,21-23H,6-13H2,1-5H3/t15-,17?,18+,19+,21-,22+,23-,25-,26+,27-/m0/s1. The predicted octanol–water partition coefficient (Wildman–Crippen LogP) is 5.10. The highest BCUT2D eigenvalue weighted by atomic mass is 16.5. The van der Waals surface area contributed by atoms with E-state index < -0.39 is 0 Å². The van der Waals surface area contributed by atoms with Gasteiger partial charge in [0.15, 0.2) is 0 Å². The predicted molar refractivity (Wildman–Crippen MR) is 117 cm³/mol. The Labute approximate surface area is 186 Å². The number of hydrogen-bond donors (Lipinski definition) is 0. The van der Waals surface area contributed by atoms with Gasteiger partial charge in [-0.25, -0.2) is 0 Å². The minimum absolute atomic E-state index is 0.0170. The highest BCUT2D eigenvalue weighted by molar-refractivity contribution is 5.84. The van der Waals surface area contributed by atoms with E-state index in [-0.39, 0.29) is 40.3 Å². The summed E-state index contributed by atoms with van der Waals surface area (Å²) in [6, 6.07) is 0. The normalized spacial score (nSPS) is 54.3. The van der Waals surface area contributed by atoms with Crippen molar-refractivity contribution in [3.05, 3.63) is 11.1 Å². The van der Waals surface area contributed by atoms with E-state index in [2.05, 4.69) is 27.7 Å². The van der Waals surface area contributed by atoms with Crippen molar-refractivity contribution in [1.82, 2.24) is 0 Å². The summed E-state index contributed by atoms with van der Waals surface area (Å²) in [7, 11) is 1.55. The van der Waals surface area contributed by atoms with Crippen LogP contribution >= 0.6 is 0 Å².